The van der Waals surface area contributed by atoms with Gasteiger partial charge in [-0.05, 0) is 0 Å². The molecule has 0 radical (unpaired) electrons. The number of carbonyl (C=O) groups is 2. The standard InChI is InChI=1S/C9H19N3O5S/c1-10-8(13)6-12(7-9(14)11-2)4-5-17-18(3,15)16/h4-7H2,1-3H3,(H,10,13)(H,11,14). The molecule has 0 aromatic carbocycles. The van der Waals surface area contributed by atoms with Crippen LogP contribution < -0.4 is 10.6 Å². The van der Waals surface area contributed by atoms with Crippen LogP contribution in [0.4, 0.5) is 0 Å². The summed E-state index contributed by atoms with van der Waals surface area (Å²) in [6, 6.07) is 0. The number of nitrogens with zero attached hydrogens (tertiary/aromatic N) is 1. The SMILES string of the molecule is CNC(=O)CN(CCOS(C)(=O)=O)CC(=O)NC. The van der Waals surface area contributed by atoms with Crippen LogP contribution in [-0.2, 0) is 23.9 Å². The van der Waals surface area contributed by atoms with E-state index in [1.165, 1.54) is 19.0 Å². The molecule has 106 valence electrons. The largest absolute Gasteiger partial charge is 0.358 e. The van der Waals surface area contributed by atoms with Gasteiger partial charge >= 0.3 is 0 Å². The van der Waals surface area contributed by atoms with Crippen LogP contribution in [0.25, 0.3) is 0 Å². The molecule has 0 aliphatic carbocycles. The van der Waals surface area contributed by atoms with E-state index in [1.54, 1.807) is 0 Å². The van der Waals surface area contributed by atoms with Crippen molar-refractivity contribution in [1.82, 2.24) is 15.5 Å². The fourth-order valence-electron chi connectivity index (χ4n) is 1.10. The van der Waals surface area contributed by atoms with E-state index >= 15 is 0 Å². The Labute approximate surface area is 107 Å². The number of hydrogen-bond donors (Lipinski definition) is 2. The zero-order valence-electron chi connectivity index (χ0n) is 10.7. The minimum atomic E-state index is -3.52. The summed E-state index contributed by atoms with van der Waals surface area (Å²) in [5, 5.41) is 4.84. The van der Waals surface area contributed by atoms with Crippen LogP contribution in [0.2, 0.25) is 0 Å². The number of amides is 2. The minimum absolute atomic E-state index is 0.00293. The van der Waals surface area contributed by atoms with Gasteiger partial charge in [0.2, 0.25) is 11.8 Å². The summed E-state index contributed by atoms with van der Waals surface area (Å²) in [5.41, 5.74) is 0. The lowest BCUT2D eigenvalue weighted by Crippen LogP contribution is -2.43. The Bertz CT molecular complexity index is 364. The van der Waals surface area contributed by atoms with Crippen molar-refractivity contribution in [2.45, 2.75) is 0 Å². The lowest BCUT2D eigenvalue weighted by Gasteiger charge is -2.19. The van der Waals surface area contributed by atoms with Crippen molar-refractivity contribution in [3.05, 3.63) is 0 Å². The van der Waals surface area contributed by atoms with Gasteiger partial charge in [0, 0.05) is 20.6 Å². The summed E-state index contributed by atoms with van der Waals surface area (Å²) in [7, 11) is -0.556. The average Bonchev–Trinajstić information content (AvgIpc) is 2.26. The van der Waals surface area contributed by atoms with Gasteiger partial charge in [-0.25, -0.2) is 0 Å². The number of hydrogen-bond acceptors (Lipinski definition) is 6. The fourth-order valence-corrected chi connectivity index (χ4v) is 1.47. The summed E-state index contributed by atoms with van der Waals surface area (Å²) in [4.78, 5) is 23.9. The molecule has 0 heterocycles. The molecule has 0 saturated carbocycles. The molecule has 0 atom stereocenters. The smallest absolute Gasteiger partial charge is 0.264 e. The molecule has 0 bridgehead atoms. The van der Waals surface area contributed by atoms with Crippen molar-refractivity contribution < 1.29 is 22.2 Å². The second-order valence-corrected chi connectivity index (χ2v) is 5.23. The molecule has 0 saturated heterocycles. The van der Waals surface area contributed by atoms with Gasteiger partial charge in [-0.1, -0.05) is 0 Å². The van der Waals surface area contributed by atoms with Crippen LogP contribution in [0, 0.1) is 0 Å². The molecule has 0 rings (SSSR count). The third kappa shape index (κ3) is 8.90. The van der Waals surface area contributed by atoms with E-state index < -0.39 is 10.1 Å². The van der Waals surface area contributed by atoms with Crippen molar-refractivity contribution in [3.63, 3.8) is 0 Å². The van der Waals surface area contributed by atoms with Crippen molar-refractivity contribution in [2.75, 3.05) is 46.6 Å². The first-order valence-corrected chi connectivity index (χ1v) is 7.08. The van der Waals surface area contributed by atoms with Crippen LogP contribution in [0.15, 0.2) is 0 Å². The van der Waals surface area contributed by atoms with Crippen LogP contribution in [0.3, 0.4) is 0 Å². The molecule has 0 aliphatic heterocycles. The van der Waals surface area contributed by atoms with Crippen LogP contribution in [0.1, 0.15) is 0 Å². The van der Waals surface area contributed by atoms with Crippen LogP contribution in [-0.4, -0.2) is 71.7 Å². The zero-order chi connectivity index (χ0) is 14.2. The Morgan fingerprint density at radius 1 is 1.11 bits per heavy atom. The second kappa shape index (κ2) is 8.01. The first kappa shape index (κ1) is 16.8. The van der Waals surface area contributed by atoms with Gasteiger partial charge in [-0.3, -0.25) is 18.7 Å². The Kier molecular flexibility index (Phi) is 7.48. The Morgan fingerprint density at radius 2 is 1.56 bits per heavy atom. The average molecular weight is 281 g/mol. The number of nitrogens with one attached hydrogen (secondary N) is 2. The highest BCUT2D eigenvalue weighted by molar-refractivity contribution is 7.85. The van der Waals surface area contributed by atoms with Gasteiger partial charge in [0.15, 0.2) is 0 Å². The normalized spacial score (nSPS) is 11.3. The first-order chi connectivity index (χ1) is 8.28. The van der Waals surface area contributed by atoms with Gasteiger partial charge < -0.3 is 10.6 Å². The summed E-state index contributed by atoms with van der Waals surface area (Å²) >= 11 is 0. The molecule has 0 aromatic rings. The highest BCUT2D eigenvalue weighted by atomic mass is 32.2. The molecule has 18 heavy (non-hydrogen) atoms. The van der Waals surface area contributed by atoms with Gasteiger partial charge in [0.25, 0.3) is 10.1 Å². The maximum absolute atomic E-state index is 11.2. The van der Waals surface area contributed by atoms with E-state index in [9.17, 15) is 18.0 Å². The third-order valence-corrected chi connectivity index (χ3v) is 2.59. The van der Waals surface area contributed by atoms with E-state index in [2.05, 4.69) is 14.8 Å². The topological polar surface area (TPSA) is 105 Å². The second-order valence-electron chi connectivity index (χ2n) is 3.58. The van der Waals surface area contributed by atoms with E-state index in [0.717, 1.165) is 6.26 Å². The molecule has 0 fully saturated rings. The molecule has 8 nitrogen and oxygen atoms in total. The first-order valence-electron chi connectivity index (χ1n) is 5.26. The molecular formula is C9H19N3O5S. The minimum Gasteiger partial charge on any atom is -0.358 e. The van der Waals surface area contributed by atoms with E-state index in [-0.39, 0.29) is 38.1 Å². The summed E-state index contributed by atoms with van der Waals surface area (Å²) in [6.45, 7) is 0.0504. The van der Waals surface area contributed by atoms with Gasteiger partial charge in [-0.2, -0.15) is 8.42 Å². The molecule has 9 heteroatoms. The number of carbonyl (C=O) groups excluding carboxylic acids is 2. The number of rotatable bonds is 8. The van der Waals surface area contributed by atoms with E-state index in [4.69, 9.17) is 0 Å². The fraction of sp³-hybridized carbons (Fsp3) is 0.778. The predicted octanol–water partition coefficient (Wildman–Crippen LogP) is -2.24. The maximum atomic E-state index is 11.2. The molecule has 0 spiro atoms. The van der Waals surface area contributed by atoms with Gasteiger partial charge in [0.1, 0.15) is 0 Å². The summed E-state index contributed by atoms with van der Waals surface area (Å²) in [5.74, 6) is -0.531. The molecule has 0 unspecified atom stereocenters. The van der Waals surface area contributed by atoms with Crippen LogP contribution in [0.5, 0.6) is 0 Å². The molecule has 2 amide bonds. The predicted molar refractivity (Wildman–Crippen MR) is 65.4 cm³/mol. The number of likely N-dealkylation sites (N-methyl/N-ethyl adjacent to an activating group) is 2. The highest BCUT2D eigenvalue weighted by Crippen LogP contribution is 1.92. The van der Waals surface area contributed by atoms with Crippen LogP contribution >= 0.6 is 0 Å². The Balaban J connectivity index is 4.28. The van der Waals surface area contributed by atoms with Crippen molar-refractivity contribution >= 4 is 21.9 Å². The van der Waals surface area contributed by atoms with Gasteiger partial charge in [-0.15, -0.1) is 0 Å². The molecule has 2 N–H and O–H groups in total. The highest BCUT2D eigenvalue weighted by Gasteiger charge is 2.14. The zero-order valence-corrected chi connectivity index (χ0v) is 11.5. The van der Waals surface area contributed by atoms with Crippen molar-refractivity contribution in [3.8, 4) is 0 Å². The van der Waals surface area contributed by atoms with Crippen molar-refractivity contribution in [1.29, 1.82) is 0 Å². The monoisotopic (exact) mass is 281 g/mol. The van der Waals surface area contributed by atoms with Gasteiger partial charge in [0.05, 0.1) is 26.0 Å². The van der Waals surface area contributed by atoms with E-state index in [0.29, 0.717) is 0 Å². The van der Waals surface area contributed by atoms with E-state index in [1.807, 2.05) is 0 Å². The Hall–Kier alpha value is -1.19. The molecule has 0 aromatic heterocycles. The summed E-state index contributed by atoms with van der Waals surface area (Å²) in [6.07, 6.45) is 0.939. The molecular weight excluding hydrogens is 262 g/mol. The quantitative estimate of drug-likeness (QED) is 0.487. The maximum Gasteiger partial charge on any atom is 0.264 e. The summed E-state index contributed by atoms with van der Waals surface area (Å²) < 4.78 is 26.1. The third-order valence-electron chi connectivity index (χ3n) is 2.00. The molecule has 0 aliphatic rings. The Morgan fingerprint density at radius 3 is 1.89 bits per heavy atom. The lowest BCUT2D eigenvalue weighted by molar-refractivity contribution is -0.124. The van der Waals surface area contributed by atoms with Crippen molar-refractivity contribution in [2.24, 2.45) is 0 Å². The lowest BCUT2D eigenvalue weighted by atomic mass is 10.4.